The molecule has 3 rings (SSSR count). The Balaban J connectivity index is 1.79. The van der Waals surface area contributed by atoms with E-state index in [0.717, 1.165) is 24.9 Å². The molecule has 0 aliphatic carbocycles. The molecule has 1 aromatic rings. The van der Waals surface area contributed by atoms with E-state index in [2.05, 4.69) is 5.32 Å². The highest BCUT2D eigenvalue weighted by molar-refractivity contribution is 5.95. The number of benzene rings is 1. The number of nitrogens with one attached hydrogen (secondary N) is 1. The van der Waals surface area contributed by atoms with Gasteiger partial charge in [0.1, 0.15) is 5.75 Å². The average molecular weight is 288 g/mol. The maximum atomic E-state index is 12.8. The van der Waals surface area contributed by atoms with Gasteiger partial charge in [-0.15, -0.1) is 0 Å². The van der Waals surface area contributed by atoms with Gasteiger partial charge in [-0.2, -0.15) is 0 Å². The number of fused-ring (bicyclic) bond motifs is 2. The van der Waals surface area contributed by atoms with Gasteiger partial charge in [0.15, 0.2) is 0 Å². The third kappa shape index (κ3) is 2.77. The first kappa shape index (κ1) is 14.4. The zero-order valence-electron chi connectivity index (χ0n) is 12.8. The van der Waals surface area contributed by atoms with E-state index in [9.17, 15) is 9.90 Å². The van der Waals surface area contributed by atoms with Crippen LogP contribution in [0.1, 0.15) is 48.5 Å². The van der Waals surface area contributed by atoms with Gasteiger partial charge >= 0.3 is 0 Å². The molecule has 0 saturated carbocycles. The fraction of sp³-hybridized carbons (Fsp3) is 0.588. The first-order chi connectivity index (χ1) is 10.1. The zero-order valence-corrected chi connectivity index (χ0v) is 12.8. The Morgan fingerprint density at radius 1 is 1.33 bits per heavy atom. The van der Waals surface area contributed by atoms with Crippen LogP contribution in [0.3, 0.4) is 0 Å². The maximum Gasteiger partial charge on any atom is 0.254 e. The lowest BCUT2D eigenvalue weighted by molar-refractivity contribution is 0.0630. The number of rotatable bonds is 3. The molecule has 2 N–H and O–H groups in total. The fourth-order valence-electron chi connectivity index (χ4n) is 3.76. The number of amides is 1. The van der Waals surface area contributed by atoms with Gasteiger partial charge in [-0.1, -0.05) is 6.07 Å². The number of carbonyl (C=O) groups excluding carboxylic acids is 1. The van der Waals surface area contributed by atoms with Crippen molar-refractivity contribution in [3.63, 3.8) is 0 Å². The average Bonchev–Trinajstić information content (AvgIpc) is 2.81. The molecule has 2 fully saturated rings. The second-order valence-corrected chi connectivity index (χ2v) is 6.36. The molecule has 2 unspecified atom stereocenters. The summed E-state index contributed by atoms with van der Waals surface area (Å²) in [6.45, 7) is 4.60. The molecular weight excluding hydrogens is 264 g/mol. The van der Waals surface area contributed by atoms with Crippen molar-refractivity contribution in [2.75, 3.05) is 6.54 Å². The van der Waals surface area contributed by atoms with Gasteiger partial charge in [0.05, 0.1) is 0 Å². The van der Waals surface area contributed by atoms with Crippen molar-refractivity contribution in [3.05, 3.63) is 29.3 Å². The minimum atomic E-state index is 0.0408. The van der Waals surface area contributed by atoms with Crippen LogP contribution < -0.4 is 5.32 Å². The lowest BCUT2D eigenvalue weighted by Crippen LogP contribution is -2.50. The quantitative estimate of drug-likeness (QED) is 0.898. The Hall–Kier alpha value is -1.55. The molecule has 21 heavy (non-hydrogen) atoms. The molecule has 0 spiro atoms. The van der Waals surface area contributed by atoms with E-state index < -0.39 is 0 Å². The molecule has 4 heteroatoms. The molecule has 2 aliphatic heterocycles. The summed E-state index contributed by atoms with van der Waals surface area (Å²) in [4.78, 5) is 14.7. The van der Waals surface area contributed by atoms with Crippen molar-refractivity contribution >= 4 is 5.91 Å². The monoisotopic (exact) mass is 288 g/mol. The third-order valence-corrected chi connectivity index (χ3v) is 4.95. The molecule has 2 heterocycles. The van der Waals surface area contributed by atoms with Crippen molar-refractivity contribution < 1.29 is 9.90 Å². The van der Waals surface area contributed by atoms with E-state index in [-0.39, 0.29) is 11.7 Å². The van der Waals surface area contributed by atoms with Gasteiger partial charge in [-0.3, -0.25) is 4.79 Å². The Morgan fingerprint density at radius 3 is 2.57 bits per heavy atom. The predicted octanol–water partition coefficient (Wildman–Crippen LogP) is 2.45. The summed E-state index contributed by atoms with van der Waals surface area (Å²) in [7, 11) is 0. The van der Waals surface area contributed by atoms with Crippen LogP contribution in [-0.4, -0.2) is 40.6 Å². The van der Waals surface area contributed by atoms with E-state index in [1.807, 2.05) is 30.9 Å². The van der Waals surface area contributed by atoms with Crippen molar-refractivity contribution in [3.8, 4) is 5.75 Å². The lowest BCUT2D eigenvalue weighted by atomic mass is 9.97. The van der Waals surface area contributed by atoms with E-state index >= 15 is 0 Å². The van der Waals surface area contributed by atoms with Crippen LogP contribution in [0.4, 0.5) is 0 Å². The number of phenolic OH excluding ortho intramolecular Hbond substituents is 1. The van der Waals surface area contributed by atoms with Gasteiger partial charge in [0.2, 0.25) is 0 Å². The number of hydrogen-bond acceptors (Lipinski definition) is 3. The van der Waals surface area contributed by atoms with E-state index in [0.29, 0.717) is 23.7 Å². The predicted molar refractivity (Wildman–Crippen MR) is 82.5 cm³/mol. The highest BCUT2D eigenvalue weighted by Gasteiger charge is 2.37. The minimum absolute atomic E-state index is 0.0408. The summed E-state index contributed by atoms with van der Waals surface area (Å²) < 4.78 is 0. The van der Waals surface area contributed by atoms with Crippen LogP contribution in [0.25, 0.3) is 0 Å². The molecule has 1 aromatic carbocycles. The van der Waals surface area contributed by atoms with Crippen LogP contribution >= 0.6 is 0 Å². The summed E-state index contributed by atoms with van der Waals surface area (Å²) in [5.74, 6) is 0.237. The normalized spacial score (nSPS) is 27.6. The fourth-order valence-corrected chi connectivity index (χ4v) is 3.76. The first-order valence-corrected chi connectivity index (χ1v) is 7.95. The van der Waals surface area contributed by atoms with Crippen LogP contribution in [0.15, 0.2) is 18.2 Å². The van der Waals surface area contributed by atoms with Crippen LogP contribution in [0.2, 0.25) is 0 Å². The van der Waals surface area contributed by atoms with Crippen molar-refractivity contribution in [2.24, 2.45) is 0 Å². The molecule has 2 aliphatic rings. The number of nitrogens with zero attached hydrogens (tertiary/aromatic N) is 1. The SMILES string of the molecule is CCN(C(=O)c1ccc(C)c(O)c1)C1CC2CCC(C1)N2. The number of hydrogen-bond donors (Lipinski definition) is 2. The largest absolute Gasteiger partial charge is 0.508 e. The maximum absolute atomic E-state index is 12.8. The molecule has 114 valence electrons. The Labute approximate surface area is 126 Å². The molecule has 0 aromatic heterocycles. The molecule has 2 saturated heterocycles. The topological polar surface area (TPSA) is 52.6 Å². The van der Waals surface area contributed by atoms with E-state index in [1.165, 1.54) is 12.8 Å². The summed E-state index contributed by atoms with van der Waals surface area (Å²) >= 11 is 0. The summed E-state index contributed by atoms with van der Waals surface area (Å²) in [6, 6.07) is 6.68. The molecule has 0 radical (unpaired) electrons. The van der Waals surface area contributed by atoms with Crippen molar-refractivity contribution in [2.45, 2.75) is 57.7 Å². The van der Waals surface area contributed by atoms with E-state index in [1.54, 1.807) is 6.07 Å². The second kappa shape index (κ2) is 5.68. The summed E-state index contributed by atoms with van der Waals surface area (Å²) in [5.41, 5.74) is 1.39. The Morgan fingerprint density at radius 2 is 2.00 bits per heavy atom. The van der Waals surface area contributed by atoms with Gasteiger partial charge in [-0.25, -0.2) is 0 Å². The highest BCUT2D eigenvalue weighted by Crippen LogP contribution is 2.30. The Kier molecular flexibility index (Phi) is 3.89. The molecule has 2 atom stereocenters. The van der Waals surface area contributed by atoms with Gasteiger partial charge < -0.3 is 15.3 Å². The molecule has 4 nitrogen and oxygen atoms in total. The van der Waals surface area contributed by atoms with Gasteiger partial charge in [0.25, 0.3) is 5.91 Å². The lowest BCUT2D eigenvalue weighted by Gasteiger charge is -2.37. The minimum Gasteiger partial charge on any atom is -0.508 e. The number of piperidine rings is 1. The molecule has 2 bridgehead atoms. The van der Waals surface area contributed by atoms with Crippen LogP contribution in [0, 0.1) is 6.92 Å². The number of aromatic hydroxyl groups is 1. The number of phenols is 1. The number of aryl methyl sites for hydroxylation is 1. The zero-order chi connectivity index (χ0) is 15.0. The highest BCUT2D eigenvalue weighted by atomic mass is 16.3. The first-order valence-electron chi connectivity index (χ1n) is 7.95. The smallest absolute Gasteiger partial charge is 0.254 e. The molecular formula is C17H24N2O2. The Bertz CT molecular complexity index is 532. The molecule has 1 amide bonds. The van der Waals surface area contributed by atoms with Crippen LogP contribution in [-0.2, 0) is 0 Å². The van der Waals surface area contributed by atoms with Gasteiger partial charge in [0, 0.05) is 30.2 Å². The number of carbonyl (C=O) groups is 1. The van der Waals surface area contributed by atoms with E-state index in [4.69, 9.17) is 0 Å². The summed E-state index contributed by atoms with van der Waals surface area (Å²) in [6.07, 6.45) is 4.57. The second-order valence-electron chi connectivity index (χ2n) is 6.36. The van der Waals surface area contributed by atoms with Crippen molar-refractivity contribution in [1.82, 2.24) is 10.2 Å². The third-order valence-electron chi connectivity index (χ3n) is 4.95. The standard InChI is InChI=1S/C17H24N2O2/c1-3-19(15-9-13-6-7-14(10-15)18-13)17(21)12-5-4-11(2)16(20)8-12/h4-5,8,13-15,18,20H,3,6-7,9-10H2,1-2H3. The van der Waals surface area contributed by atoms with Crippen LogP contribution in [0.5, 0.6) is 5.75 Å². The summed E-state index contributed by atoms with van der Waals surface area (Å²) in [5, 5.41) is 13.4. The van der Waals surface area contributed by atoms with Crippen molar-refractivity contribution in [1.29, 1.82) is 0 Å². The van der Waals surface area contributed by atoms with Gasteiger partial charge in [-0.05, 0) is 57.2 Å².